The van der Waals surface area contributed by atoms with Crippen LogP contribution in [0.1, 0.15) is 57.1 Å². The van der Waals surface area contributed by atoms with Crippen molar-refractivity contribution in [2.24, 2.45) is 0 Å². The number of hydrogen-bond acceptors (Lipinski definition) is 4. The van der Waals surface area contributed by atoms with Gasteiger partial charge in [0.05, 0.1) is 24.3 Å². The fourth-order valence-electron chi connectivity index (χ4n) is 3.39. The second kappa shape index (κ2) is 16.3. The molecule has 0 bridgehead atoms. The van der Waals surface area contributed by atoms with Crippen molar-refractivity contribution in [3.05, 3.63) is 118 Å². The van der Waals surface area contributed by atoms with Crippen LogP contribution >= 0.6 is 15.9 Å². The quantitative estimate of drug-likeness (QED) is 0.177. The van der Waals surface area contributed by atoms with Crippen molar-refractivity contribution in [3.8, 4) is 0 Å². The first kappa shape index (κ1) is 31.5. The summed E-state index contributed by atoms with van der Waals surface area (Å²) in [5, 5.41) is 0.785. The van der Waals surface area contributed by atoms with E-state index in [4.69, 9.17) is 9.47 Å². The summed E-state index contributed by atoms with van der Waals surface area (Å²) in [6.45, 7) is 8.67. The summed E-state index contributed by atoms with van der Waals surface area (Å²) in [4.78, 5) is 25.7. The van der Waals surface area contributed by atoms with Gasteiger partial charge in [0.1, 0.15) is 11.6 Å². The third-order valence-corrected chi connectivity index (χ3v) is 6.17. The van der Waals surface area contributed by atoms with Crippen molar-refractivity contribution in [2.75, 3.05) is 13.2 Å². The lowest BCUT2D eigenvalue weighted by Crippen LogP contribution is -2.07. The molecular formula is C30H33BrF2N2O4. The molecule has 0 atom stereocenters. The molecule has 0 fully saturated rings. The molecule has 208 valence electrons. The normalized spacial score (nSPS) is 10.0. The van der Waals surface area contributed by atoms with E-state index in [2.05, 4.69) is 20.9 Å². The zero-order valence-corrected chi connectivity index (χ0v) is 24.1. The summed E-state index contributed by atoms with van der Waals surface area (Å²) in [5.41, 5.74) is 4.97. The van der Waals surface area contributed by atoms with Crippen LogP contribution in [0.15, 0.2) is 73.1 Å². The zero-order chi connectivity index (χ0) is 28.8. The summed E-state index contributed by atoms with van der Waals surface area (Å²) >= 11 is 3.26. The Hall–Kier alpha value is -3.72. The maximum Gasteiger partial charge on any atom is 0.339 e. The molecule has 4 rings (SSSR count). The van der Waals surface area contributed by atoms with Crippen LogP contribution in [-0.4, -0.2) is 34.7 Å². The van der Waals surface area contributed by atoms with Crippen molar-refractivity contribution < 1.29 is 27.8 Å². The number of H-pyrrole nitrogens is 1. The van der Waals surface area contributed by atoms with Gasteiger partial charge < -0.3 is 19.0 Å². The second-order valence-corrected chi connectivity index (χ2v) is 8.85. The van der Waals surface area contributed by atoms with Crippen molar-refractivity contribution in [1.82, 2.24) is 9.55 Å². The molecule has 9 heteroatoms. The van der Waals surface area contributed by atoms with Gasteiger partial charge in [0.25, 0.3) is 0 Å². The Bertz CT molecular complexity index is 1320. The van der Waals surface area contributed by atoms with E-state index in [0.717, 1.165) is 27.8 Å². The Balaban J connectivity index is 0.000000226. The van der Waals surface area contributed by atoms with Gasteiger partial charge in [-0.25, -0.2) is 18.4 Å². The minimum Gasteiger partial charge on any atom is -0.462 e. The first-order valence-corrected chi connectivity index (χ1v) is 13.5. The average molecular weight is 604 g/mol. The van der Waals surface area contributed by atoms with Gasteiger partial charge in [-0.2, -0.15) is 0 Å². The number of halogens is 3. The van der Waals surface area contributed by atoms with Crippen molar-refractivity contribution >= 4 is 27.9 Å². The van der Waals surface area contributed by atoms with Gasteiger partial charge in [-0.3, -0.25) is 0 Å². The van der Waals surface area contributed by atoms with Gasteiger partial charge in [0, 0.05) is 35.7 Å². The number of aromatic nitrogens is 2. The summed E-state index contributed by atoms with van der Waals surface area (Å²) in [7, 11) is 0. The lowest BCUT2D eigenvalue weighted by atomic mass is 10.2. The van der Waals surface area contributed by atoms with E-state index in [1.54, 1.807) is 56.4 Å². The highest BCUT2D eigenvalue weighted by atomic mass is 79.9. The fraction of sp³-hybridized carbons (Fsp3) is 0.267. The van der Waals surface area contributed by atoms with Crippen LogP contribution in [0, 0.1) is 25.5 Å². The summed E-state index contributed by atoms with van der Waals surface area (Å²) in [6, 6.07) is 16.2. The van der Waals surface area contributed by atoms with Crippen molar-refractivity contribution in [3.63, 3.8) is 0 Å². The van der Waals surface area contributed by atoms with E-state index < -0.39 is 0 Å². The van der Waals surface area contributed by atoms with Crippen LogP contribution in [0.5, 0.6) is 0 Å². The van der Waals surface area contributed by atoms with Gasteiger partial charge in [0.2, 0.25) is 0 Å². The molecule has 0 unspecified atom stereocenters. The Labute approximate surface area is 236 Å². The highest BCUT2D eigenvalue weighted by Crippen LogP contribution is 2.14. The van der Waals surface area contributed by atoms with E-state index in [1.807, 2.05) is 24.6 Å². The zero-order valence-electron chi connectivity index (χ0n) is 22.5. The van der Waals surface area contributed by atoms with Crippen LogP contribution in [0.25, 0.3) is 0 Å². The molecule has 0 aliphatic heterocycles. The topological polar surface area (TPSA) is 73.3 Å². The molecule has 2 aromatic carbocycles. The number of aryl methyl sites for hydroxylation is 1. The number of benzene rings is 2. The Morgan fingerprint density at radius 3 is 1.77 bits per heavy atom. The van der Waals surface area contributed by atoms with Gasteiger partial charge in [-0.15, -0.1) is 0 Å². The molecule has 1 N–H and O–H groups in total. The third kappa shape index (κ3) is 10.2. The number of carbonyl (C=O) groups excluding carboxylic acids is 2. The first-order chi connectivity index (χ1) is 18.7. The largest absolute Gasteiger partial charge is 0.462 e. The highest BCUT2D eigenvalue weighted by molar-refractivity contribution is 9.08. The monoisotopic (exact) mass is 602 g/mol. The van der Waals surface area contributed by atoms with Gasteiger partial charge in [-0.1, -0.05) is 40.2 Å². The van der Waals surface area contributed by atoms with Gasteiger partial charge in [0.15, 0.2) is 0 Å². The third-order valence-electron chi connectivity index (χ3n) is 5.52. The van der Waals surface area contributed by atoms with Crippen molar-refractivity contribution in [1.29, 1.82) is 0 Å². The fourth-order valence-corrected chi connectivity index (χ4v) is 3.76. The molecular weight excluding hydrogens is 570 g/mol. The molecule has 6 nitrogen and oxygen atoms in total. The number of nitrogens with zero attached hydrogens (tertiary/aromatic N) is 1. The number of nitrogens with one attached hydrogen (secondary N) is 1. The number of rotatable bonds is 7. The lowest BCUT2D eigenvalue weighted by Gasteiger charge is -2.07. The Kier molecular flexibility index (Phi) is 13.2. The predicted octanol–water partition coefficient (Wildman–Crippen LogP) is 7.38. The maximum atomic E-state index is 12.8. The molecule has 0 spiro atoms. The minimum absolute atomic E-state index is 0.181. The minimum atomic E-state index is -0.308. The molecule has 2 heterocycles. The molecule has 0 saturated heterocycles. The lowest BCUT2D eigenvalue weighted by molar-refractivity contribution is 0.0516. The van der Waals surface area contributed by atoms with E-state index in [9.17, 15) is 18.4 Å². The van der Waals surface area contributed by atoms with Crippen LogP contribution < -0.4 is 0 Å². The molecule has 2 aromatic heterocycles. The van der Waals surface area contributed by atoms with E-state index >= 15 is 0 Å². The second-order valence-electron chi connectivity index (χ2n) is 8.29. The standard InChI is InChI=1S/C15H16FNO2.C8H11NO2.C7H6BrF/c1-3-19-15(18)14-8-9-17(11(14)2)10-12-4-6-13(16)7-5-12;1-3-11-8(10)7-4-5-9-6(7)2;8-5-6-1-3-7(9)4-2-6/h4-9H,3,10H2,1-2H3;4-5,9H,3H2,1-2H3;1-4H,5H2. The number of alkyl halides is 1. The van der Waals surface area contributed by atoms with Crippen molar-refractivity contribution in [2.45, 2.75) is 39.6 Å². The average Bonchev–Trinajstić information content (AvgIpc) is 3.52. The molecule has 0 amide bonds. The molecule has 0 radical (unpaired) electrons. The smallest absolute Gasteiger partial charge is 0.339 e. The van der Waals surface area contributed by atoms with E-state index in [1.165, 1.54) is 24.3 Å². The maximum absolute atomic E-state index is 12.8. The molecule has 39 heavy (non-hydrogen) atoms. The summed E-state index contributed by atoms with van der Waals surface area (Å²) < 4.78 is 36.8. The first-order valence-electron chi connectivity index (χ1n) is 12.4. The number of hydrogen-bond donors (Lipinski definition) is 1. The number of carbonyl (C=O) groups is 2. The van der Waals surface area contributed by atoms with E-state index in [-0.39, 0.29) is 23.6 Å². The summed E-state index contributed by atoms with van der Waals surface area (Å²) in [5.74, 6) is -0.996. The van der Waals surface area contributed by atoms with Gasteiger partial charge in [-0.05, 0) is 75.2 Å². The van der Waals surface area contributed by atoms with Gasteiger partial charge >= 0.3 is 11.9 Å². The Morgan fingerprint density at radius 1 is 0.795 bits per heavy atom. The van der Waals surface area contributed by atoms with Crippen LogP contribution in [0.3, 0.4) is 0 Å². The van der Waals surface area contributed by atoms with Crippen LogP contribution in [0.2, 0.25) is 0 Å². The molecule has 0 aliphatic rings. The highest BCUT2D eigenvalue weighted by Gasteiger charge is 2.13. The Morgan fingerprint density at radius 2 is 1.31 bits per heavy atom. The van der Waals surface area contributed by atoms with Crippen LogP contribution in [-0.2, 0) is 21.3 Å². The van der Waals surface area contributed by atoms with E-state index in [0.29, 0.717) is 30.9 Å². The number of ether oxygens (including phenoxy) is 2. The summed E-state index contributed by atoms with van der Waals surface area (Å²) in [6.07, 6.45) is 3.56. The molecule has 0 saturated carbocycles. The predicted molar refractivity (Wildman–Crippen MR) is 151 cm³/mol. The molecule has 0 aliphatic carbocycles. The van der Waals surface area contributed by atoms with Crippen LogP contribution in [0.4, 0.5) is 8.78 Å². The molecule has 4 aromatic rings. The number of esters is 2. The SMILES string of the molecule is CCOC(=O)c1cc[nH]c1C.CCOC(=O)c1ccn(Cc2ccc(F)cc2)c1C.Fc1ccc(CBr)cc1. The number of aromatic amines is 1.